The van der Waals surface area contributed by atoms with Gasteiger partial charge in [-0.1, -0.05) is 25.5 Å². The molecule has 0 bridgehead atoms. The first-order chi connectivity index (χ1) is 9.10. The first-order valence-electron chi connectivity index (χ1n) is 6.89. The molecular weight excluding hydrogens is 244 g/mol. The van der Waals surface area contributed by atoms with E-state index in [2.05, 4.69) is 0 Å². The minimum Gasteiger partial charge on any atom is -0.504 e. The fourth-order valence-corrected chi connectivity index (χ4v) is 2.03. The van der Waals surface area contributed by atoms with Crippen molar-refractivity contribution < 1.29 is 20.1 Å². The maximum Gasteiger partial charge on any atom is 0.161 e. The molecule has 0 saturated carbocycles. The largest absolute Gasteiger partial charge is 0.504 e. The first kappa shape index (κ1) is 15.8. The van der Waals surface area contributed by atoms with Gasteiger partial charge in [0.2, 0.25) is 0 Å². The van der Waals surface area contributed by atoms with E-state index in [1.807, 2.05) is 19.9 Å². The highest BCUT2D eigenvalue weighted by Gasteiger charge is 2.16. The predicted octanol–water partition coefficient (Wildman–Crippen LogP) is 2.25. The van der Waals surface area contributed by atoms with Gasteiger partial charge in [0.25, 0.3) is 0 Å². The number of aliphatic hydroxyl groups excluding tert-OH is 2. The molecule has 1 aromatic carbocycles. The van der Waals surface area contributed by atoms with Crippen molar-refractivity contribution in [3.63, 3.8) is 0 Å². The summed E-state index contributed by atoms with van der Waals surface area (Å²) in [6, 6.07) is 5.33. The summed E-state index contributed by atoms with van der Waals surface area (Å²) in [5, 5.41) is 29.5. The summed E-state index contributed by atoms with van der Waals surface area (Å²) in [5.41, 5.74) is 0.730. The van der Waals surface area contributed by atoms with Crippen molar-refractivity contribution in [3.8, 4) is 11.5 Å². The molecule has 0 aliphatic heterocycles. The van der Waals surface area contributed by atoms with Gasteiger partial charge in [0.1, 0.15) is 0 Å². The second-order valence-electron chi connectivity index (χ2n) is 4.66. The lowest BCUT2D eigenvalue weighted by Gasteiger charge is -2.17. The fraction of sp³-hybridized carbons (Fsp3) is 0.600. The van der Waals surface area contributed by atoms with E-state index in [9.17, 15) is 15.3 Å². The van der Waals surface area contributed by atoms with E-state index < -0.39 is 12.2 Å². The topological polar surface area (TPSA) is 69.9 Å². The van der Waals surface area contributed by atoms with E-state index in [0.29, 0.717) is 31.6 Å². The van der Waals surface area contributed by atoms with E-state index >= 15 is 0 Å². The molecule has 0 aliphatic carbocycles. The zero-order valence-electron chi connectivity index (χ0n) is 11.7. The second-order valence-corrected chi connectivity index (χ2v) is 4.66. The van der Waals surface area contributed by atoms with Crippen molar-refractivity contribution >= 4 is 0 Å². The van der Waals surface area contributed by atoms with Crippen molar-refractivity contribution in [3.05, 3.63) is 23.8 Å². The number of hydrogen-bond acceptors (Lipinski definition) is 4. The van der Waals surface area contributed by atoms with Crippen LogP contribution in [0.4, 0.5) is 0 Å². The number of benzene rings is 1. The van der Waals surface area contributed by atoms with Crippen LogP contribution in [0, 0.1) is 0 Å². The van der Waals surface area contributed by atoms with Crippen LogP contribution in [0.2, 0.25) is 0 Å². The van der Waals surface area contributed by atoms with Gasteiger partial charge in [0, 0.05) is 0 Å². The van der Waals surface area contributed by atoms with Crippen LogP contribution in [0.1, 0.15) is 38.7 Å². The van der Waals surface area contributed by atoms with Crippen LogP contribution in [-0.4, -0.2) is 34.1 Å². The standard InChI is InChI=1S/C15H24O4/c1-3-6-12(16)13(17)10-9-11-7-5-8-14(15(11)18)19-4-2/h5,7-8,12-13,16-18H,3-4,6,9-10H2,1-2H3. The minimum absolute atomic E-state index is 0.126. The van der Waals surface area contributed by atoms with Gasteiger partial charge in [0.05, 0.1) is 18.8 Å². The average Bonchev–Trinajstić information content (AvgIpc) is 2.40. The third-order valence-electron chi connectivity index (χ3n) is 3.12. The lowest BCUT2D eigenvalue weighted by atomic mass is 10.0. The van der Waals surface area contributed by atoms with Crippen molar-refractivity contribution in [1.82, 2.24) is 0 Å². The summed E-state index contributed by atoms with van der Waals surface area (Å²) in [5.74, 6) is 0.588. The molecule has 0 fully saturated rings. The maximum absolute atomic E-state index is 10.0. The summed E-state index contributed by atoms with van der Waals surface area (Å²) >= 11 is 0. The number of rotatable bonds is 8. The molecule has 2 atom stereocenters. The number of hydrogen-bond donors (Lipinski definition) is 3. The number of phenolic OH excluding ortho intramolecular Hbond substituents is 1. The highest BCUT2D eigenvalue weighted by molar-refractivity contribution is 5.45. The number of aromatic hydroxyl groups is 1. The number of phenols is 1. The lowest BCUT2D eigenvalue weighted by Crippen LogP contribution is -2.26. The van der Waals surface area contributed by atoms with Crippen molar-refractivity contribution in [1.29, 1.82) is 0 Å². The number of ether oxygens (including phenoxy) is 1. The van der Waals surface area contributed by atoms with Gasteiger partial charge in [-0.2, -0.15) is 0 Å². The molecular formula is C15H24O4. The first-order valence-corrected chi connectivity index (χ1v) is 6.89. The molecule has 0 heterocycles. The van der Waals surface area contributed by atoms with Crippen LogP contribution in [-0.2, 0) is 6.42 Å². The Morgan fingerprint density at radius 1 is 1.11 bits per heavy atom. The molecule has 2 unspecified atom stereocenters. The molecule has 4 nitrogen and oxygen atoms in total. The number of para-hydroxylation sites is 1. The molecule has 3 N–H and O–H groups in total. The predicted molar refractivity (Wildman–Crippen MR) is 74.5 cm³/mol. The van der Waals surface area contributed by atoms with Crippen LogP contribution in [0.15, 0.2) is 18.2 Å². The molecule has 0 aliphatic rings. The molecule has 0 spiro atoms. The van der Waals surface area contributed by atoms with Crippen LogP contribution in [0.25, 0.3) is 0 Å². The Labute approximate surface area is 114 Å². The average molecular weight is 268 g/mol. The third kappa shape index (κ3) is 4.73. The van der Waals surface area contributed by atoms with Crippen molar-refractivity contribution in [2.45, 2.75) is 51.7 Å². The van der Waals surface area contributed by atoms with Gasteiger partial charge in [0.15, 0.2) is 11.5 Å². The van der Waals surface area contributed by atoms with Gasteiger partial charge in [-0.15, -0.1) is 0 Å². The van der Waals surface area contributed by atoms with Crippen LogP contribution in [0.5, 0.6) is 11.5 Å². The fourth-order valence-electron chi connectivity index (χ4n) is 2.03. The van der Waals surface area contributed by atoms with Crippen molar-refractivity contribution in [2.24, 2.45) is 0 Å². The van der Waals surface area contributed by atoms with Crippen LogP contribution in [0.3, 0.4) is 0 Å². The number of aliphatic hydroxyl groups is 2. The Kier molecular flexibility index (Phi) is 6.67. The quantitative estimate of drug-likeness (QED) is 0.676. The Balaban J connectivity index is 2.60. The maximum atomic E-state index is 10.0. The Bertz CT molecular complexity index is 378. The molecule has 4 heteroatoms. The summed E-state index contributed by atoms with van der Waals surface area (Å²) in [6.07, 6.45) is 0.909. The van der Waals surface area contributed by atoms with E-state index in [4.69, 9.17) is 4.74 Å². The Morgan fingerprint density at radius 2 is 1.79 bits per heavy atom. The summed E-state index contributed by atoms with van der Waals surface area (Å²) in [7, 11) is 0. The summed E-state index contributed by atoms with van der Waals surface area (Å²) < 4.78 is 5.31. The monoisotopic (exact) mass is 268 g/mol. The zero-order valence-corrected chi connectivity index (χ0v) is 11.7. The summed E-state index contributed by atoms with van der Waals surface area (Å²) in [6.45, 7) is 4.32. The van der Waals surface area contributed by atoms with Gasteiger partial charge < -0.3 is 20.1 Å². The Hall–Kier alpha value is -1.26. The summed E-state index contributed by atoms with van der Waals surface area (Å²) in [4.78, 5) is 0. The highest BCUT2D eigenvalue weighted by atomic mass is 16.5. The smallest absolute Gasteiger partial charge is 0.161 e. The van der Waals surface area contributed by atoms with Crippen LogP contribution < -0.4 is 4.74 Å². The van der Waals surface area contributed by atoms with Crippen LogP contribution >= 0.6 is 0 Å². The molecule has 0 aromatic heterocycles. The third-order valence-corrected chi connectivity index (χ3v) is 3.12. The molecule has 19 heavy (non-hydrogen) atoms. The van der Waals surface area contributed by atoms with Gasteiger partial charge in [-0.3, -0.25) is 0 Å². The van der Waals surface area contributed by atoms with Gasteiger partial charge >= 0.3 is 0 Å². The zero-order chi connectivity index (χ0) is 14.3. The molecule has 0 radical (unpaired) electrons. The van der Waals surface area contributed by atoms with Crippen molar-refractivity contribution in [2.75, 3.05) is 6.61 Å². The van der Waals surface area contributed by atoms with Gasteiger partial charge in [-0.25, -0.2) is 0 Å². The normalized spacial score (nSPS) is 14.1. The molecule has 108 valence electrons. The van der Waals surface area contributed by atoms with E-state index in [1.54, 1.807) is 12.1 Å². The second kappa shape index (κ2) is 8.02. The minimum atomic E-state index is -0.755. The molecule has 1 aromatic rings. The van der Waals surface area contributed by atoms with E-state index in [-0.39, 0.29) is 5.75 Å². The van der Waals surface area contributed by atoms with E-state index in [0.717, 1.165) is 12.0 Å². The molecule has 1 rings (SSSR count). The van der Waals surface area contributed by atoms with E-state index in [1.165, 1.54) is 0 Å². The Morgan fingerprint density at radius 3 is 2.42 bits per heavy atom. The molecule has 0 saturated heterocycles. The SMILES string of the molecule is CCCC(O)C(O)CCc1cccc(OCC)c1O. The number of aryl methyl sites for hydroxylation is 1. The lowest BCUT2D eigenvalue weighted by molar-refractivity contribution is 0.00973. The van der Waals surface area contributed by atoms with Gasteiger partial charge in [-0.05, 0) is 37.8 Å². The molecule has 0 amide bonds. The highest BCUT2D eigenvalue weighted by Crippen LogP contribution is 2.30.